The van der Waals surface area contributed by atoms with Crippen molar-refractivity contribution in [3.05, 3.63) is 59.7 Å². The summed E-state index contributed by atoms with van der Waals surface area (Å²) in [5.41, 5.74) is 2.13. The maximum absolute atomic E-state index is 13.1. The van der Waals surface area contributed by atoms with Crippen LogP contribution < -0.4 is 9.47 Å². The molecule has 26 heavy (non-hydrogen) atoms. The first kappa shape index (κ1) is 16.9. The van der Waals surface area contributed by atoms with Gasteiger partial charge in [0.1, 0.15) is 6.10 Å². The molecule has 0 unspecified atom stereocenters. The van der Waals surface area contributed by atoms with Crippen LogP contribution in [-0.4, -0.2) is 30.3 Å². The second-order valence-electron chi connectivity index (χ2n) is 6.74. The molecule has 2 atom stereocenters. The molecular formula is C21H23NO4. The molecular weight excluding hydrogens is 330 g/mol. The van der Waals surface area contributed by atoms with Crippen LogP contribution in [0.15, 0.2) is 48.5 Å². The van der Waals surface area contributed by atoms with Crippen LogP contribution in [-0.2, 0) is 16.1 Å². The minimum Gasteiger partial charge on any atom is -0.454 e. The Kier molecular flexibility index (Phi) is 4.80. The Bertz CT molecular complexity index is 771. The highest BCUT2D eigenvalue weighted by Crippen LogP contribution is 2.34. The molecule has 0 bridgehead atoms. The van der Waals surface area contributed by atoms with Gasteiger partial charge in [0.25, 0.3) is 5.91 Å². The number of fused-ring (bicyclic) bond motifs is 1. The molecule has 2 heterocycles. The fourth-order valence-corrected chi connectivity index (χ4v) is 3.51. The zero-order valence-electron chi connectivity index (χ0n) is 14.9. The molecule has 0 spiro atoms. The van der Waals surface area contributed by atoms with E-state index in [9.17, 15) is 4.79 Å². The third kappa shape index (κ3) is 3.40. The van der Waals surface area contributed by atoms with E-state index < -0.39 is 0 Å². The normalized spacial score (nSPS) is 19.3. The average Bonchev–Trinajstić information content (AvgIpc) is 3.37. The van der Waals surface area contributed by atoms with Gasteiger partial charge in [-0.2, -0.15) is 0 Å². The van der Waals surface area contributed by atoms with Gasteiger partial charge in [-0.1, -0.05) is 36.4 Å². The summed E-state index contributed by atoms with van der Waals surface area (Å²) in [6.45, 7) is 3.48. The molecule has 0 aromatic heterocycles. The Labute approximate surface area is 153 Å². The monoisotopic (exact) mass is 353 g/mol. The van der Waals surface area contributed by atoms with Crippen LogP contribution in [0.4, 0.5) is 0 Å². The van der Waals surface area contributed by atoms with Crippen molar-refractivity contribution >= 4 is 5.91 Å². The lowest BCUT2D eigenvalue weighted by molar-refractivity contribution is -0.144. The Hall–Kier alpha value is -2.53. The predicted octanol–water partition coefficient (Wildman–Crippen LogP) is 3.68. The van der Waals surface area contributed by atoms with E-state index in [4.69, 9.17) is 14.2 Å². The molecule has 136 valence electrons. The summed E-state index contributed by atoms with van der Waals surface area (Å²) >= 11 is 0. The number of carbonyl (C=O) groups is 1. The van der Waals surface area contributed by atoms with E-state index in [1.807, 2.05) is 41.3 Å². The number of hydrogen-bond donors (Lipinski definition) is 0. The number of benzene rings is 2. The Morgan fingerprint density at radius 1 is 1.15 bits per heavy atom. The van der Waals surface area contributed by atoms with Gasteiger partial charge in [0.15, 0.2) is 11.5 Å². The summed E-state index contributed by atoms with van der Waals surface area (Å²) in [6.07, 6.45) is 1.39. The van der Waals surface area contributed by atoms with Crippen LogP contribution >= 0.6 is 0 Å². The van der Waals surface area contributed by atoms with Crippen LogP contribution in [0.2, 0.25) is 0 Å². The van der Waals surface area contributed by atoms with Crippen molar-refractivity contribution in [3.8, 4) is 11.5 Å². The minimum absolute atomic E-state index is 0.0432. The summed E-state index contributed by atoms with van der Waals surface area (Å²) in [4.78, 5) is 15.0. The maximum Gasteiger partial charge on any atom is 0.252 e. The molecule has 2 aromatic rings. The number of carbonyl (C=O) groups excluding carboxylic acids is 1. The molecule has 1 saturated heterocycles. The van der Waals surface area contributed by atoms with Crippen LogP contribution in [0.25, 0.3) is 0 Å². The van der Waals surface area contributed by atoms with E-state index in [-0.39, 0.29) is 24.8 Å². The second kappa shape index (κ2) is 7.38. The fourth-order valence-electron chi connectivity index (χ4n) is 3.51. The molecule has 0 saturated carbocycles. The van der Waals surface area contributed by atoms with Crippen LogP contribution in [0.1, 0.15) is 36.9 Å². The van der Waals surface area contributed by atoms with E-state index in [1.165, 1.54) is 0 Å². The zero-order valence-corrected chi connectivity index (χ0v) is 14.9. The van der Waals surface area contributed by atoms with Crippen molar-refractivity contribution < 1.29 is 19.0 Å². The molecule has 5 heteroatoms. The average molecular weight is 353 g/mol. The molecule has 5 nitrogen and oxygen atoms in total. The summed E-state index contributed by atoms with van der Waals surface area (Å²) < 4.78 is 16.5. The van der Waals surface area contributed by atoms with E-state index in [1.54, 1.807) is 0 Å². The van der Waals surface area contributed by atoms with Crippen molar-refractivity contribution in [3.63, 3.8) is 0 Å². The van der Waals surface area contributed by atoms with Gasteiger partial charge < -0.3 is 19.1 Å². The quantitative estimate of drug-likeness (QED) is 0.823. The SMILES string of the molecule is C[C@H](c1ccccc1)N(Cc1ccc2c(c1)OCO2)C(=O)[C@H]1CCCO1. The molecule has 2 aliphatic heterocycles. The van der Waals surface area contributed by atoms with E-state index in [2.05, 4.69) is 19.1 Å². The van der Waals surface area contributed by atoms with Gasteiger partial charge in [-0.3, -0.25) is 4.79 Å². The summed E-state index contributed by atoms with van der Waals surface area (Å²) in [5, 5.41) is 0. The molecule has 0 N–H and O–H groups in total. The number of hydrogen-bond acceptors (Lipinski definition) is 4. The van der Waals surface area contributed by atoms with E-state index in [0.717, 1.165) is 35.5 Å². The smallest absolute Gasteiger partial charge is 0.252 e. The van der Waals surface area contributed by atoms with Crippen molar-refractivity contribution in [1.29, 1.82) is 0 Å². The highest BCUT2D eigenvalue weighted by molar-refractivity contribution is 5.81. The van der Waals surface area contributed by atoms with Gasteiger partial charge in [0.05, 0.1) is 6.04 Å². The Morgan fingerprint density at radius 2 is 1.96 bits per heavy atom. The lowest BCUT2D eigenvalue weighted by atomic mass is 10.0. The topological polar surface area (TPSA) is 48.0 Å². The van der Waals surface area contributed by atoms with Crippen LogP contribution in [0.3, 0.4) is 0 Å². The van der Waals surface area contributed by atoms with E-state index >= 15 is 0 Å². The van der Waals surface area contributed by atoms with Crippen LogP contribution in [0.5, 0.6) is 11.5 Å². The molecule has 1 fully saturated rings. The molecule has 1 amide bonds. The maximum atomic E-state index is 13.1. The molecule has 4 rings (SSSR count). The van der Waals surface area contributed by atoms with Gasteiger partial charge in [0, 0.05) is 13.2 Å². The highest BCUT2D eigenvalue weighted by atomic mass is 16.7. The van der Waals surface area contributed by atoms with Gasteiger partial charge in [0.2, 0.25) is 6.79 Å². The lowest BCUT2D eigenvalue weighted by Gasteiger charge is -2.31. The number of amides is 1. The number of nitrogens with zero attached hydrogens (tertiary/aromatic N) is 1. The highest BCUT2D eigenvalue weighted by Gasteiger charge is 2.31. The lowest BCUT2D eigenvalue weighted by Crippen LogP contribution is -2.40. The molecule has 2 aliphatic rings. The van der Waals surface area contributed by atoms with E-state index in [0.29, 0.717) is 13.2 Å². The Balaban J connectivity index is 1.60. The van der Waals surface area contributed by atoms with Crippen molar-refractivity contribution in [2.45, 2.75) is 38.5 Å². The first-order chi connectivity index (χ1) is 12.7. The summed E-state index contributed by atoms with van der Waals surface area (Å²) in [7, 11) is 0. The summed E-state index contributed by atoms with van der Waals surface area (Å²) in [5.74, 6) is 1.54. The number of ether oxygens (including phenoxy) is 3. The second-order valence-corrected chi connectivity index (χ2v) is 6.74. The van der Waals surface area contributed by atoms with Crippen molar-refractivity contribution in [1.82, 2.24) is 4.90 Å². The predicted molar refractivity (Wildman–Crippen MR) is 96.9 cm³/mol. The Morgan fingerprint density at radius 3 is 2.73 bits per heavy atom. The molecule has 0 aliphatic carbocycles. The summed E-state index contributed by atoms with van der Waals surface area (Å²) in [6, 6.07) is 15.9. The standard InChI is InChI=1S/C21H23NO4/c1-15(17-6-3-2-4-7-17)22(21(23)19-8-5-11-24-19)13-16-9-10-18-20(12-16)26-14-25-18/h2-4,6-7,9-10,12,15,19H,5,8,11,13-14H2,1H3/t15-,19-/m1/s1. The third-order valence-corrected chi connectivity index (χ3v) is 5.03. The first-order valence-electron chi connectivity index (χ1n) is 9.08. The first-order valence-corrected chi connectivity index (χ1v) is 9.08. The largest absolute Gasteiger partial charge is 0.454 e. The van der Waals surface area contributed by atoms with Gasteiger partial charge in [-0.15, -0.1) is 0 Å². The third-order valence-electron chi connectivity index (χ3n) is 5.03. The number of rotatable bonds is 5. The van der Waals surface area contributed by atoms with Gasteiger partial charge in [-0.05, 0) is 43.0 Å². The molecule has 0 radical (unpaired) electrons. The van der Waals surface area contributed by atoms with Crippen molar-refractivity contribution in [2.75, 3.05) is 13.4 Å². The fraction of sp³-hybridized carbons (Fsp3) is 0.381. The molecule has 2 aromatic carbocycles. The van der Waals surface area contributed by atoms with Gasteiger partial charge >= 0.3 is 0 Å². The minimum atomic E-state index is -0.338. The zero-order chi connectivity index (χ0) is 17.9. The van der Waals surface area contributed by atoms with Crippen molar-refractivity contribution in [2.24, 2.45) is 0 Å². The van der Waals surface area contributed by atoms with Crippen LogP contribution in [0, 0.1) is 0 Å². The van der Waals surface area contributed by atoms with Gasteiger partial charge in [-0.25, -0.2) is 0 Å².